The summed E-state index contributed by atoms with van der Waals surface area (Å²) in [5, 5.41) is 0.963. The number of benzene rings is 1. The van der Waals surface area contributed by atoms with Crippen molar-refractivity contribution in [1.29, 1.82) is 0 Å². The van der Waals surface area contributed by atoms with Crippen molar-refractivity contribution in [3.63, 3.8) is 0 Å². The molecule has 0 aliphatic rings. The van der Waals surface area contributed by atoms with Gasteiger partial charge in [-0.05, 0) is 31.5 Å². The van der Waals surface area contributed by atoms with Crippen LogP contribution in [0.5, 0.6) is 0 Å². The van der Waals surface area contributed by atoms with Crippen molar-refractivity contribution in [3.8, 4) is 0 Å². The first kappa shape index (κ1) is 13.8. The molecule has 4 heteroatoms. The van der Waals surface area contributed by atoms with E-state index in [1.165, 1.54) is 0 Å². The Hall–Kier alpha value is -1.61. The molecule has 0 radical (unpaired) electrons. The molecular formula is C15H17ClN2O. The highest BCUT2D eigenvalue weighted by atomic mass is 35.5. The van der Waals surface area contributed by atoms with E-state index in [1.807, 2.05) is 37.3 Å². The number of halogens is 1. The minimum Gasteiger partial charge on any atom is -0.342 e. The van der Waals surface area contributed by atoms with Crippen LogP contribution in [-0.2, 0) is 0 Å². The first-order chi connectivity index (χ1) is 9.09. The van der Waals surface area contributed by atoms with Crippen molar-refractivity contribution >= 4 is 28.4 Å². The van der Waals surface area contributed by atoms with Gasteiger partial charge in [0, 0.05) is 36.1 Å². The fourth-order valence-electron chi connectivity index (χ4n) is 1.97. The molecule has 1 amide bonds. The number of aromatic nitrogens is 1. The third-order valence-corrected chi connectivity index (χ3v) is 3.30. The Morgan fingerprint density at radius 2 is 2.16 bits per heavy atom. The average molecular weight is 277 g/mol. The van der Waals surface area contributed by atoms with E-state index in [-0.39, 0.29) is 11.3 Å². The smallest absolute Gasteiger partial charge is 0.254 e. The van der Waals surface area contributed by atoms with Gasteiger partial charge < -0.3 is 4.90 Å². The number of hydrogen-bond acceptors (Lipinski definition) is 2. The number of alkyl halides is 1. The molecule has 1 atom stereocenters. The van der Waals surface area contributed by atoms with Crippen molar-refractivity contribution < 1.29 is 4.79 Å². The lowest BCUT2D eigenvalue weighted by atomic mass is 10.1. The highest BCUT2D eigenvalue weighted by Crippen LogP contribution is 2.18. The molecule has 3 nitrogen and oxygen atoms in total. The van der Waals surface area contributed by atoms with Crippen molar-refractivity contribution in [2.24, 2.45) is 0 Å². The Kier molecular flexibility index (Phi) is 4.38. The van der Waals surface area contributed by atoms with E-state index in [2.05, 4.69) is 4.98 Å². The van der Waals surface area contributed by atoms with Crippen molar-refractivity contribution in [3.05, 3.63) is 42.1 Å². The van der Waals surface area contributed by atoms with Crippen LogP contribution in [0.15, 0.2) is 36.5 Å². The molecule has 0 N–H and O–H groups in total. The van der Waals surface area contributed by atoms with Crippen LogP contribution in [0, 0.1) is 0 Å². The molecule has 0 saturated heterocycles. The van der Waals surface area contributed by atoms with Gasteiger partial charge in [-0.25, -0.2) is 0 Å². The van der Waals surface area contributed by atoms with Crippen molar-refractivity contribution in [2.75, 3.05) is 13.6 Å². The summed E-state index contributed by atoms with van der Waals surface area (Å²) in [5.74, 6) is 0.0101. The lowest BCUT2D eigenvalue weighted by molar-refractivity contribution is 0.0795. The largest absolute Gasteiger partial charge is 0.342 e. The van der Waals surface area contributed by atoms with Crippen molar-refractivity contribution in [1.82, 2.24) is 9.88 Å². The lowest BCUT2D eigenvalue weighted by Gasteiger charge is -2.18. The molecule has 2 aromatic rings. The van der Waals surface area contributed by atoms with Crippen LogP contribution < -0.4 is 0 Å². The molecule has 0 aliphatic heterocycles. The number of hydrogen-bond donors (Lipinski definition) is 0. The van der Waals surface area contributed by atoms with Crippen molar-refractivity contribution in [2.45, 2.75) is 18.7 Å². The molecule has 100 valence electrons. The standard InChI is InChI=1S/C15H17ClN2O/c1-11(16)8-10-18(2)15(19)13-5-3-7-14-12(13)6-4-9-17-14/h3-7,9,11H,8,10H2,1-2H3. The van der Waals surface area contributed by atoms with E-state index in [1.54, 1.807) is 18.1 Å². The highest BCUT2D eigenvalue weighted by Gasteiger charge is 2.15. The number of carbonyl (C=O) groups excluding carboxylic acids is 1. The Labute approximate surface area is 118 Å². The lowest BCUT2D eigenvalue weighted by Crippen LogP contribution is -2.29. The molecule has 0 aliphatic carbocycles. The molecule has 1 aromatic carbocycles. The maximum atomic E-state index is 12.4. The summed E-state index contributed by atoms with van der Waals surface area (Å²) < 4.78 is 0. The molecular weight excluding hydrogens is 260 g/mol. The number of fused-ring (bicyclic) bond motifs is 1. The summed E-state index contributed by atoms with van der Waals surface area (Å²) in [6, 6.07) is 9.38. The van der Waals surface area contributed by atoms with E-state index >= 15 is 0 Å². The summed E-state index contributed by atoms with van der Waals surface area (Å²) >= 11 is 5.92. The van der Waals surface area contributed by atoms with E-state index in [0.717, 1.165) is 17.3 Å². The van der Waals surface area contributed by atoms with E-state index < -0.39 is 0 Å². The zero-order chi connectivity index (χ0) is 13.8. The van der Waals surface area contributed by atoms with Gasteiger partial charge in [0.25, 0.3) is 5.91 Å². The second-order valence-corrected chi connectivity index (χ2v) is 5.42. The summed E-state index contributed by atoms with van der Waals surface area (Å²) in [6.45, 7) is 2.59. The number of carbonyl (C=O) groups is 1. The summed E-state index contributed by atoms with van der Waals surface area (Å²) in [7, 11) is 1.80. The van der Waals surface area contributed by atoms with Gasteiger partial charge in [0.1, 0.15) is 0 Å². The average Bonchev–Trinajstić information content (AvgIpc) is 2.43. The molecule has 1 heterocycles. The predicted molar refractivity (Wildman–Crippen MR) is 78.6 cm³/mol. The van der Waals surface area contributed by atoms with Gasteiger partial charge in [-0.1, -0.05) is 12.1 Å². The quantitative estimate of drug-likeness (QED) is 0.803. The molecule has 0 bridgehead atoms. The molecule has 1 aromatic heterocycles. The molecule has 0 saturated carbocycles. The summed E-state index contributed by atoms with van der Waals surface area (Å²) in [6.07, 6.45) is 2.52. The zero-order valence-corrected chi connectivity index (χ0v) is 11.9. The van der Waals surface area contributed by atoms with Gasteiger partial charge in [0.15, 0.2) is 0 Å². The number of amides is 1. The third-order valence-electron chi connectivity index (χ3n) is 3.09. The number of pyridine rings is 1. The fraction of sp³-hybridized carbons (Fsp3) is 0.333. The van der Waals surface area contributed by atoms with Crippen LogP contribution in [-0.4, -0.2) is 34.8 Å². The highest BCUT2D eigenvalue weighted by molar-refractivity contribution is 6.20. The molecule has 19 heavy (non-hydrogen) atoms. The Morgan fingerprint density at radius 1 is 1.37 bits per heavy atom. The predicted octanol–water partition coefficient (Wildman–Crippen LogP) is 3.32. The maximum absolute atomic E-state index is 12.4. The Balaban J connectivity index is 2.26. The molecule has 0 spiro atoms. The van der Waals surface area contributed by atoms with Crippen LogP contribution in [0.3, 0.4) is 0 Å². The first-order valence-electron chi connectivity index (χ1n) is 6.33. The van der Waals surface area contributed by atoms with Gasteiger partial charge in [-0.15, -0.1) is 11.6 Å². The Bertz CT molecular complexity index is 578. The summed E-state index contributed by atoms with van der Waals surface area (Å²) in [5.41, 5.74) is 1.53. The minimum absolute atomic E-state index is 0.0101. The fourth-order valence-corrected chi connectivity index (χ4v) is 2.07. The van der Waals surface area contributed by atoms with Gasteiger partial charge in [-0.2, -0.15) is 0 Å². The van der Waals surface area contributed by atoms with Gasteiger partial charge in [-0.3, -0.25) is 9.78 Å². The second kappa shape index (κ2) is 6.02. The Morgan fingerprint density at radius 3 is 2.89 bits per heavy atom. The summed E-state index contributed by atoms with van der Waals surface area (Å²) in [4.78, 5) is 18.4. The third kappa shape index (κ3) is 3.24. The van der Waals surface area contributed by atoms with Crippen LogP contribution in [0.4, 0.5) is 0 Å². The molecule has 0 fully saturated rings. The van der Waals surface area contributed by atoms with Gasteiger partial charge in [0.2, 0.25) is 0 Å². The molecule has 1 unspecified atom stereocenters. The monoisotopic (exact) mass is 276 g/mol. The van der Waals surface area contributed by atoms with Crippen LogP contribution >= 0.6 is 11.6 Å². The minimum atomic E-state index is 0.0101. The van der Waals surface area contributed by atoms with E-state index in [9.17, 15) is 4.79 Å². The SMILES string of the molecule is CC(Cl)CCN(C)C(=O)c1cccc2ncccc12. The van der Waals surface area contributed by atoms with Crippen LogP contribution in [0.25, 0.3) is 10.9 Å². The number of nitrogens with zero attached hydrogens (tertiary/aromatic N) is 2. The molecule has 2 rings (SSSR count). The topological polar surface area (TPSA) is 33.2 Å². The first-order valence-corrected chi connectivity index (χ1v) is 6.76. The van der Waals surface area contributed by atoms with Gasteiger partial charge in [0.05, 0.1) is 5.52 Å². The number of rotatable bonds is 4. The van der Waals surface area contributed by atoms with E-state index in [4.69, 9.17) is 11.6 Å². The van der Waals surface area contributed by atoms with Crippen LogP contribution in [0.2, 0.25) is 0 Å². The second-order valence-electron chi connectivity index (χ2n) is 4.67. The zero-order valence-electron chi connectivity index (χ0n) is 11.1. The maximum Gasteiger partial charge on any atom is 0.254 e. The normalized spacial score (nSPS) is 12.4. The van der Waals surface area contributed by atoms with Gasteiger partial charge >= 0.3 is 0 Å². The van der Waals surface area contributed by atoms with E-state index in [0.29, 0.717) is 12.1 Å². The van der Waals surface area contributed by atoms with Crippen LogP contribution in [0.1, 0.15) is 23.7 Å².